The molecule has 3 aromatic rings. The van der Waals surface area contributed by atoms with Crippen molar-refractivity contribution in [3.63, 3.8) is 0 Å². The molecule has 0 saturated carbocycles. The average molecular weight is 295 g/mol. The van der Waals surface area contributed by atoms with Crippen LogP contribution < -0.4 is 5.32 Å². The zero-order chi connectivity index (χ0) is 15.5. The molecule has 0 heterocycles. The van der Waals surface area contributed by atoms with Crippen LogP contribution in [-0.4, -0.2) is 5.11 Å². The Balaban J connectivity index is 1.82. The third kappa shape index (κ3) is 2.81. The van der Waals surface area contributed by atoms with Crippen LogP contribution in [0.25, 0.3) is 10.8 Å². The number of fused-ring (bicyclic) bond motifs is 1. The van der Waals surface area contributed by atoms with Crippen LogP contribution in [0.4, 0.5) is 4.39 Å². The summed E-state index contributed by atoms with van der Waals surface area (Å²) < 4.78 is 13.6. The molecule has 22 heavy (non-hydrogen) atoms. The molecule has 0 aliphatic carbocycles. The van der Waals surface area contributed by atoms with Crippen LogP contribution in [0.2, 0.25) is 0 Å². The molecule has 0 aliphatic heterocycles. The number of aromatic hydroxyl groups is 1. The van der Waals surface area contributed by atoms with E-state index in [2.05, 4.69) is 5.32 Å². The maximum atomic E-state index is 13.6. The highest BCUT2D eigenvalue weighted by atomic mass is 19.1. The van der Waals surface area contributed by atoms with Gasteiger partial charge >= 0.3 is 0 Å². The van der Waals surface area contributed by atoms with E-state index >= 15 is 0 Å². The lowest BCUT2D eigenvalue weighted by atomic mass is 10.0. The van der Waals surface area contributed by atoms with Crippen LogP contribution in [0.15, 0.2) is 60.7 Å². The summed E-state index contributed by atoms with van der Waals surface area (Å²) in [6, 6.07) is 18.3. The molecule has 0 amide bonds. The molecule has 2 N–H and O–H groups in total. The van der Waals surface area contributed by atoms with Crippen molar-refractivity contribution >= 4 is 10.8 Å². The highest BCUT2D eigenvalue weighted by Crippen LogP contribution is 2.32. The number of rotatable bonds is 4. The van der Waals surface area contributed by atoms with E-state index in [0.717, 1.165) is 16.3 Å². The molecule has 112 valence electrons. The first-order chi connectivity index (χ1) is 10.7. The Bertz CT molecular complexity index is 800. The van der Waals surface area contributed by atoms with Gasteiger partial charge in [0.05, 0.1) is 0 Å². The second-order valence-electron chi connectivity index (χ2n) is 5.42. The number of phenolic OH excluding ortho intramolecular Hbond substituents is 1. The molecule has 1 unspecified atom stereocenters. The molecular formula is C19H18FNO. The summed E-state index contributed by atoms with van der Waals surface area (Å²) in [6.07, 6.45) is 0. The minimum absolute atomic E-state index is 0.0794. The molecule has 1 atom stereocenters. The van der Waals surface area contributed by atoms with Gasteiger partial charge in [0, 0.05) is 29.1 Å². The van der Waals surface area contributed by atoms with Crippen molar-refractivity contribution in [3.8, 4) is 5.75 Å². The number of benzene rings is 3. The summed E-state index contributed by atoms with van der Waals surface area (Å²) in [4.78, 5) is 0. The van der Waals surface area contributed by atoms with Gasteiger partial charge in [0.1, 0.15) is 11.6 Å². The van der Waals surface area contributed by atoms with Crippen molar-refractivity contribution in [1.82, 2.24) is 5.32 Å². The zero-order valence-electron chi connectivity index (χ0n) is 12.4. The Kier molecular flexibility index (Phi) is 4.07. The van der Waals surface area contributed by atoms with Gasteiger partial charge in [-0.15, -0.1) is 0 Å². The first-order valence-electron chi connectivity index (χ1n) is 7.34. The quantitative estimate of drug-likeness (QED) is 0.741. The lowest BCUT2D eigenvalue weighted by Gasteiger charge is -2.17. The molecule has 0 fully saturated rings. The highest BCUT2D eigenvalue weighted by molar-refractivity contribution is 5.89. The first-order valence-corrected chi connectivity index (χ1v) is 7.34. The third-order valence-electron chi connectivity index (χ3n) is 3.95. The van der Waals surface area contributed by atoms with Gasteiger partial charge < -0.3 is 10.4 Å². The SMILES string of the molecule is CC(NCc1ccccc1F)c1ccc2ccccc2c1O. The van der Waals surface area contributed by atoms with Crippen molar-refractivity contribution in [3.05, 3.63) is 77.6 Å². The smallest absolute Gasteiger partial charge is 0.128 e. The Hall–Kier alpha value is -2.39. The Morgan fingerprint density at radius 3 is 2.55 bits per heavy atom. The summed E-state index contributed by atoms with van der Waals surface area (Å²) >= 11 is 0. The minimum atomic E-state index is -0.218. The van der Waals surface area contributed by atoms with Crippen LogP contribution in [-0.2, 0) is 6.54 Å². The fraction of sp³-hybridized carbons (Fsp3) is 0.158. The molecular weight excluding hydrogens is 277 g/mol. The van der Waals surface area contributed by atoms with Gasteiger partial charge in [0.25, 0.3) is 0 Å². The summed E-state index contributed by atoms with van der Waals surface area (Å²) in [6.45, 7) is 2.38. The molecule has 0 aromatic heterocycles. The van der Waals surface area contributed by atoms with Gasteiger partial charge in [-0.25, -0.2) is 4.39 Å². The van der Waals surface area contributed by atoms with Crippen LogP contribution in [0, 0.1) is 5.82 Å². The fourth-order valence-corrected chi connectivity index (χ4v) is 2.64. The summed E-state index contributed by atoms with van der Waals surface area (Å²) in [7, 11) is 0. The van der Waals surface area contributed by atoms with Crippen molar-refractivity contribution in [2.24, 2.45) is 0 Å². The fourth-order valence-electron chi connectivity index (χ4n) is 2.64. The number of hydrogen-bond donors (Lipinski definition) is 2. The molecule has 0 bridgehead atoms. The van der Waals surface area contributed by atoms with Crippen LogP contribution in [0.1, 0.15) is 24.1 Å². The van der Waals surface area contributed by atoms with E-state index < -0.39 is 0 Å². The lowest BCUT2D eigenvalue weighted by molar-refractivity contribution is 0.457. The Labute approximate surface area is 129 Å². The van der Waals surface area contributed by atoms with Crippen molar-refractivity contribution < 1.29 is 9.50 Å². The van der Waals surface area contributed by atoms with Gasteiger partial charge in [-0.1, -0.05) is 54.6 Å². The molecule has 0 radical (unpaired) electrons. The van der Waals surface area contributed by atoms with Crippen LogP contribution >= 0.6 is 0 Å². The summed E-state index contributed by atoms with van der Waals surface area (Å²) in [5, 5.41) is 15.6. The topological polar surface area (TPSA) is 32.3 Å². The Morgan fingerprint density at radius 1 is 1.00 bits per heavy atom. The minimum Gasteiger partial charge on any atom is -0.507 e. The normalized spacial score (nSPS) is 12.5. The largest absolute Gasteiger partial charge is 0.507 e. The highest BCUT2D eigenvalue weighted by Gasteiger charge is 2.13. The first kappa shape index (κ1) is 14.5. The van der Waals surface area contributed by atoms with E-state index in [1.54, 1.807) is 12.1 Å². The molecule has 3 aromatic carbocycles. The standard InChI is InChI=1S/C19H18FNO/c1-13(21-12-15-7-3-5-9-18(15)20)16-11-10-14-6-2-4-8-17(14)19(16)22/h2-11,13,21-22H,12H2,1H3. The monoisotopic (exact) mass is 295 g/mol. The van der Waals surface area contributed by atoms with E-state index in [4.69, 9.17) is 0 Å². The summed E-state index contributed by atoms with van der Waals surface area (Å²) in [5.74, 6) is 0.0663. The second-order valence-corrected chi connectivity index (χ2v) is 5.42. The number of hydrogen-bond acceptors (Lipinski definition) is 2. The molecule has 3 rings (SSSR count). The van der Waals surface area contributed by atoms with E-state index in [9.17, 15) is 9.50 Å². The maximum absolute atomic E-state index is 13.6. The van der Waals surface area contributed by atoms with Gasteiger partial charge in [0.15, 0.2) is 0 Å². The molecule has 0 spiro atoms. The second kappa shape index (κ2) is 6.16. The number of phenols is 1. The lowest BCUT2D eigenvalue weighted by Crippen LogP contribution is -2.18. The Morgan fingerprint density at radius 2 is 1.73 bits per heavy atom. The van der Waals surface area contributed by atoms with E-state index in [-0.39, 0.29) is 17.6 Å². The molecule has 2 nitrogen and oxygen atoms in total. The van der Waals surface area contributed by atoms with Gasteiger partial charge in [0.2, 0.25) is 0 Å². The van der Waals surface area contributed by atoms with Gasteiger partial charge in [-0.3, -0.25) is 0 Å². The van der Waals surface area contributed by atoms with Crippen molar-refractivity contribution in [1.29, 1.82) is 0 Å². The number of nitrogens with one attached hydrogen (secondary N) is 1. The average Bonchev–Trinajstić information content (AvgIpc) is 2.54. The van der Waals surface area contributed by atoms with Crippen molar-refractivity contribution in [2.45, 2.75) is 19.5 Å². The van der Waals surface area contributed by atoms with E-state index in [0.29, 0.717) is 12.1 Å². The predicted octanol–water partition coefficient (Wildman–Crippen LogP) is 4.54. The molecule has 3 heteroatoms. The third-order valence-corrected chi connectivity index (χ3v) is 3.95. The molecule has 0 aliphatic rings. The zero-order valence-corrected chi connectivity index (χ0v) is 12.4. The van der Waals surface area contributed by atoms with Crippen LogP contribution in [0.3, 0.4) is 0 Å². The van der Waals surface area contributed by atoms with Gasteiger partial charge in [-0.2, -0.15) is 0 Å². The van der Waals surface area contributed by atoms with Gasteiger partial charge in [-0.05, 0) is 18.4 Å². The maximum Gasteiger partial charge on any atom is 0.128 e. The van der Waals surface area contributed by atoms with E-state index in [1.807, 2.05) is 49.4 Å². The van der Waals surface area contributed by atoms with E-state index in [1.165, 1.54) is 6.07 Å². The van der Waals surface area contributed by atoms with Crippen LogP contribution in [0.5, 0.6) is 5.75 Å². The predicted molar refractivity (Wildman–Crippen MR) is 87.3 cm³/mol. The summed E-state index contributed by atoms with van der Waals surface area (Å²) in [5.41, 5.74) is 1.43. The molecule has 0 saturated heterocycles. The number of halogens is 1. The van der Waals surface area contributed by atoms with Crippen molar-refractivity contribution in [2.75, 3.05) is 0 Å².